The molecule has 108 valence electrons. The van der Waals surface area contributed by atoms with Crippen LogP contribution in [0.2, 0.25) is 0 Å². The Labute approximate surface area is 127 Å². The smallest absolute Gasteiger partial charge is 0.231 e. The summed E-state index contributed by atoms with van der Waals surface area (Å²) in [5.41, 5.74) is 1.25. The van der Waals surface area contributed by atoms with Gasteiger partial charge in [0.2, 0.25) is 5.88 Å². The molecule has 5 heteroatoms. The Hall–Kier alpha value is -2.01. The molecule has 21 heavy (non-hydrogen) atoms. The normalized spacial score (nSPS) is 11.2. The Morgan fingerprint density at radius 3 is 2.86 bits per heavy atom. The highest BCUT2D eigenvalue weighted by Gasteiger charge is 2.15. The molecule has 0 aliphatic heterocycles. The summed E-state index contributed by atoms with van der Waals surface area (Å²) in [5, 5.41) is 3.19. The zero-order valence-electron chi connectivity index (χ0n) is 12.3. The van der Waals surface area contributed by atoms with Crippen LogP contribution in [0.25, 0.3) is 10.2 Å². The minimum atomic E-state index is 0.579. The lowest BCUT2D eigenvalue weighted by Gasteiger charge is -2.09. The van der Waals surface area contributed by atoms with Crippen LogP contribution in [0.4, 0.5) is 0 Å². The number of rotatable bonds is 4. The van der Waals surface area contributed by atoms with Gasteiger partial charge >= 0.3 is 0 Å². The molecular formula is C16H17N3OS. The first-order valence-electron chi connectivity index (χ1n) is 6.96. The quantitative estimate of drug-likeness (QED) is 0.717. The molecule has 0 atom stereocenters. The predicted octanol–water partition coefficient (Wildman–Crippen LogP) is 4.39. The highest BCUT2D eigenvalue weighted by molar-refractivity contribution is 7.17. The average Bonchev–Trinajstić information content (AvgIpc) is 2.82. The summed E-state index contributed by atoms with van der Waals surface area (Å²) in [6, 6.07) is 3.73. The second-order valence-electron chi connectivity index (χ2n) is 5.41. The highest BCUT2D eigenvalue weighted by Crippen LogP contribution is 2.34. The van der Waals surface area contributed by atoms with Gasteiger partial charge < -0.3 is 4.74 Å². The minimum absolute atomic E-state index is 0.579. The highest BCUT2D eigenvalue weighted by atomic mass is 32.1. The number of aryl methyl sites for hydroxylation is 1. The van der Waals surface area contributed by atoms with Gasteiger partial charge in [0.05, 0.1) is 11.6 Å². The number of thiophene rings is 1. The summed E-state index contributed by atoms with van der Waals surface area (Å²) in [6.07, 6.45) is 4.41. The van der Waals surface area contributed by atoms with Gasteiger partial charge in [-0.1, -0.05) is 13.8 Å². The number of hydrogen-bond acceptors (Lipinski definition) is 5. The summed E-state index contributed by atoms with van der Waals surface area (Å²) >= 11 is 1.65. The lowest BCUT2D eigenvalue weighted by molar-refractivity contribution is 0.464. The van der Waals surface area contributed by atoms with Crippen molar-refractivity contribution in [3.05, 3.63) is 41.3 Å². The van der Waals surface area contributed by atoms with Crippen LogP contribution in [-0.2, 0) is 6.42 Å². The zero-order valence-corrected chi connectivity index (χ0v) is 13.1. The molecule has 4 nitrogen and oxygen atoms in total. The van der Waals surface area contributed by atoms with E-state index in [-0.39, 0.29) is 0 Å². The molecule has 0 aromatic carbocycles. The predicted molar refractivity (Wildman–Crippen MR) is 85.0 cm³/mol. The van der Waals surface area contributed by atoms with E-state index in [1.54, 1.807) is 23.7 Å². The zero-order chi connectivity index (χ0) is 14.8. The molecule has 0 fully saturated rings. The van der Waals surface area contributed by atoms with Crippen molar-refractivity contribution in [3.8, 4) is 11.6 Å². The largest absolute Gasteiger partial charge is 0.437 e. The Morgan fingerprint density at radius 1 is 1.29 bits per heavy atom. The lowest BCUT2D eigenvalue weighted by atomic mass is 10.0. The van der Waals surface area contributed by atoms with Gasteiger partial charge in [0, 0.05) is 6.20 Å². The first-order chi connectivity index (χ1) is 10.1. The third-order valence-electron chi connectivity index (χ3n) is 3.07. The van der Waals surface area contributed by atoms with E-state index in [0.717, 1.165) is 22.5 Å². The van der Waals surface area contributed by atoms with Crippen LogP contribution >= 0.6 is 11.3 Å². The molecule has 3 heterocycles. The molecule has 0 unspecified atom stereocenters. The summed E-state index contributed by atoms with van der Waals surface area (Å²) in [4.78, 5) is 14.1. The Morgan fingerprint density at radius 2 is 2.14 bits per heavy atom. The molecule has 0 aliphatic carbocycles. The molecule has 0 radical (unpaired) electrons. The van der Waals surface area contributed by atoms with Gasteiger partial charge in [0.1, 0.15) is 16.4 Å². The summed E-state index contributed by atoms with van der Waals surface area (Å²) in [6.45, 7) is 6.30. The van der Waals surface area contributed by atoms with Crippen molar-refractivity contribution in [2.24, 2.45) is 5.92 Å². The van der Waals surface area contributed by atoms with Gasteiger partial charge in [-0.05, 0) is 42.3 Å². The van der Waals surface area contributed by atoms with Gasteiger partial charge in [-0.15, -0.1) is 11.3 Å². The van der Waals surface area contributed by atoms with Crippen LogP contribution in [0.1, 0.15) is 25.2 Å². The molecule has 0 aliphatic rings. The van der Waals surface area contributed by atoms with Crippen LogP contribution in [0.5, 0.6) is 11.6 Å². The Kier molecular flexibility index (Phi) is 3.84. The van der Waals surface area contributed by atoms with Crippen molar-refractivity contribution < 1.29 is 4.74 Å². The third kappa shape index (κ3) is 3.03. The third-order valence-corrected chi connectivity index (χ3v) is 3.99. The lowest BCUT2D eigenvalue weighted by Crippen LogP contribution is -1.97. The standard InChI is InChI=1S/C16H17N3OS/c1-10(2)7-12-9-21-16-14(12)15(18-11(3)19-16)20-13-5-4-6-17-8-13/h4-6,8-10H,7H2,1-3H3. The van der Waals surface area contributed by atoms with Crippen molar-refractivity contribution in [1.82, 2.24) is 15.0 Å². The number of hydrogen-bond donors (Lipinski definition) is 0. The number of nitrogens with zero attached hydrogens (tertiary/aromatic N) is 3. The monoisotopic (exact) mass is 299 g/mol. The maximum absolute atomic E-state index is 5.95. The van der Waals surface area contributed by atoms with Gasteiger partial charge in [0.15, 0.2) is 0 Å². The van der Waals surface area contributed by atoms with E-state index < -0.39 is 0 Å². The number of pyridine rings is 1. The van der Waals surface area contributed by atoms with Crippen LogP contribution in [0.15, 0.2) is 29.9 Å². The van der Waals surface area contributed by atoms with E-state index in [4.69, 9.17) is 4.74 Å². The summed E-state index contributed by atoms with van der Waals surface area (Å²) in [7, 11) is 0. The van der Waals surface area contributed by atoms with E-state index >= 15 is 0 Å². The second kappa shape index (κ2) is 5.77. The fourth-order valence-electron chi connectivity index (χ4n) is 2.25. The van der Waals surface area contributed by atoms with E-state index in [1.165, 1.54) is 5.56 Å². The van der Waals surface area contributed by atoms with E-state index in [1.807, 2.05) is 19.1 Å². The number of aromatic nitrogens is 3. The van der Waals surface area contributed by atoms with Crippen molar-refractivity contribution in [2.45, 2.75) is 27.2 Å². The van der Waals surface area contributed by atoms with Gasteiger partial charge in [-0.3, -0.25) is 4.98 Å². The molecule has 0 saturated carbocycles. The molecule has 0 saturated heterocycles. The van der Waals surface area contributed by atoms with Crippen LogP contribution in [0, 0.1) is 12.8 Å². The SMILES string of the molecule is Cc1nc(Oc2cccnc2)c2c(CC(C)C)csc2n1. The van der Waals surface area contributed by atoms with E-state index in [0.29, 0.717) is 17.5 Å². The van der Waals surface area contributed by atoms with Crippen molar-refractivity contribution in [1.29, 1.82) is 0 Å². The van der Waals surface area contributed by atoms with Crippen LogP contribution < -0.4 is 4.74 Å². The fourth-order valence-corrected chi connectivity index (χ4v) is 3.24. The average molecular weight is 299 g/mol. The first kappa shape index (κ1) is 13.9. The van der Waals surface area contributed by atoms with Crippen molar-refractivity contribution >= 4 is 21.6 Å². The second-order valence-corrected chi connectivity index (χ2v) is 6.26. The molecule has 0 N–H and O–H groups in total. The first-order valence-corrected chi connectivity index (χ1v) is 7.84. The number of fused-ring (bicyclic) bond motifs is 1. The summed E-state index contributed by atoms with van der Waals surface area (Å²) in [5.74, 6) is 2.62. The molecule has 3 rings (SSSR count). The molecule has 0 bridgehead atoms. The van der Waals surface area contributed by atoms with E-state index in [2.05, 4.69) is 34.2 Å². The Bertz CT molecular complexity index is 753. The maximum Gasteiger partial charge on any atom is 0.231 e. The van der Waals surface area contributed by atoms with Crippen LogP contribution in [0.3, 0.4) is 0 Å². The minimum Gasteiger partial charge on any atom is -0.437 e. The molecular weight excluding hydrogens is 282 g/mol. The fraction of sp³-hybridized carbons (Fsp3) is 0.312. The van der Waals surface area contributed by atoms with Gasteiger partial charge in [0.25, 0.3) is 0 Å². The maximum atomic E-state index is 5.95. The topological polar surface area (TPSA) is 47.9 Å². The molecule has 0 spiro atoms. The molecule has 3 aromatic rings. The van der Waals surface area contributed by atoms with E-state index in [9.17, 15) is 0 Å². The molecule has 0 amide bonds. The summed E-state index contributed by atoms with van der Waals surface area (Å²) < 4.78 is 5.95. The molecule has 3 aromatic heterocycles. The van der Waals surface area contributed by atoms with Crippen molar-refractivity contribution in [3.63, 3.8) is 0 Å². The van der Waals surface area contributed by atoms with Gasteiger partial charge in [-0.2, -0.15) is 4.98 Å². The van der Waals surface area contributed by atoms with Gasteiger partial charge in [-0.25, -0.2) is 4.98 Å². The Balaban J connectivity index is 2.09. The van der Waals surface area contributed by atoms with Crippen LogP contribution in [-0.4, -0.2) is 15.0 Å². The number of ether oxygens (including phenoxy) is 1. The van der Waals surface area contributed by atoms with Crippen molar-refractivity contribution in [2.75, 3.05) is 0 Å².